The molecule has 0 aromatic heterocycles. The predicted molar refractivity (Wildman–Crippen MR) is 121 cm³/mol. The molecule has 27 heavy (non-hydrogen) atoms. The van der Waals surface area contributed by atoms with Crippen molar-refractivity contribution in [3.63, 3.8) is 0 Å². The van der Waals surface area contributed by atoms with Crippen LogP contribution in [0.5, 0.6) is 0 Å². The summed E-state index contributed by atoms with van der Waals surface area (Å²) >= 11 is 6.17. The topological polar surface area (TPSA) is 82.6 Å². The summed E-state index contributed by atoms with van der Waals surface area (Å²) in [5.41, 5.74) is 1.90. The van der Waals surface area contributed by atoms with Crippen LogP contribution in [0.4, 0.5) is 0 Å². The minimum absolute atomic E-state index is 0. The molecule has 0 aliphatic carbocycles. The summed E-state index contributed by atoms with van der Waals surface area (Å²) in [4.78, 5) is 4.76. The average molecular weight is 523 g/mol. The second-order valence-corrected chi connectivity index (χ2v) is 7.79. The third-order valence-corrected chi connectivity index (χ3v) is 5.47. The van der Waals surface area contributed by atoms with E-state index in [1.54, 1.807) is 24.3 Å². The van der Waals surface area contributed by atoms with E-state index < -0.39 is 10.0 Å². The van der Waals surface area contributed by atoms with Gasteiger partial charge in [-0.25, -0.2) is 18.1 Å². The van der Waals surface area contributed by atoms with Crippen molar-refractivity contribution in [2.45, 2.75) is 24.9 Å². The van der Waals surface area contributed by atoms with Crippen LogP contribution >= 0.6 is 35.6 Å². The molecule has 0 unspecified atom stereocenters. The van der Waals surface area contributed by atoms with Crippen molar-refractivity contribution in [2.75, 3.05) is 13.6 Å². The average Bonchev–Trinajstić information content (AvgIpc) is 2.65. The zero-order valence-corrected chi connectivity index (χ0v) is 19.1. The van der Waals surface area contributed by atoms with Crippen molar-refractivity contribution in [3.8, 4) is 0 Å². The minimum Gasteiger partial charge on any atom is -0.357 e. The maximum atomic E-state index is 11.7. The van der Waals surface area contributed by atoms with Crippen LogP contribution in [-0.4, -0.2) is 28.0 Å². The maximum Gasteiger partial charge on any atom is 0.240 e. The van der Waals surface area contributed by atoms with Gasteiger partial charge in [-0.05, 0) is 43.3 Å². The van der Waals surface area contributed by atoms with E-state index in [0.29, 0.717) is 24.1 Å². The highest BCUT2D eigenvalue weighted by atomic mass is 127. The van der Waals surface area contributed by atoms with Gasteiger partial charge in [0.05, 0.1) is 11.4 Å². The van der Waals surface area contributed by atoms with Crippen molar-refractivity contribution in [2.24, 2.45) is 4.99 Å². The molecule has 148 valence electrons. The molecular formula is C18H24ClIN4O2S. The standard InChI is InChI=1S/C18H23ClN4O2S.HI/c1-3-21-18(23-13-15-6-4-5-7-17(15)19)22-12-14-8-10-16(11-9-14)26(24,25)20-2;/h4-11,20H,3,12-13H2,1-2H3,(H2,21,22,23);1H. The van der Waals surface area contributed by atoms with Crippen LogP contribution in [0.15, 0.2) is 58.4 Å². The number of guanidine groups is 1. The van der Waals surface area contributed by atoms with Gasteiger partial charge in [-0.15, -0.1) is 24.0 Å². The van der Waals surface area contributed by atoms with Crippen molar-refractivity contribution in [1.82, 2.24) is 15.4 Å². The van der Waals surface area contributed by atoms with Gasteiger partial charge in [-0.2, -0.15) is 0 Å². The van der Waals surface area contributed by atoms with E-state index in [9.17, 15) is 8.42 Å². The number of halogens is 2. The first-order valence-corrected chi connectivity index (χ1v) is 10.1. The molecule has 2 rings (SSSR count). The Labute approximate surface area is 182 Å². The molecule has 2 aromatic rings. The van der Waals surface area contributed by atoms with Gasteiger partial charge in [0.15, 0.2) is 5.96 Å². The fourth-order valence-electron chi connectivity index (χ4n) is 2.22. The summed E-state index contributed by atoms with van der Waals surface area (Å²) in [6.07, 6.45) is 0. The molecule has 0 aliphatic heterocycles. The van der Waals surface area contributed by atoms with Crippen molar-refractivity contribution < 1.29 is 8.42 Å². The van der Waals surface area contributed by atoms with Crippen LogP contribution in [0.1, 0.15) is 18.1 Å². The normalized spacial score (nSPS) is 11.6. The fourth-order valence-corrected chi connectivity index (χ4v) is 3.16. The van der Waals surface area contributed by atoms with E-state index in [2.05, 4.69) is 20.3 Å². The maximum absolute atomic E-state index is 11.7. The summed E-state index contributed by atoms with van der Waals surface area (Å²) < 4.78 is 25.8. The van der Waals surface area contributed by atoms with Gasteiger partial charge in [-0.1, -0.05) is 41.9 Å². The fraction of sp³-hybridized carbons (Fsp3) is 0.278. The number of aliphatic imine (C=N–C) groups is 1. The van der Waals surface area contributed by atoms with Crippen LogP contribution in [0, 0.1) is 0 Å². The highest BCUT2D eigenvalue weighted by Gasteiger charge is 2.10. The van der Waals surface area contributed by atoms with Crippen LogP contribution in [-0.2, 0) is 23.1 Å². The second kappa shape index (κ2) is 11.5. The Hall–Kier alpha value is -1.36. The molecule has 0 amide bonds. The van der Waals surface area contributed by atoms with Crippen LogP contribution in [0.3, 0.4) is 0 Å². The lowest BCUT2D eigenvalue weighted by Crippen LogP contribution is -2.36. The molecule has 9 heteroatoms. The molecule has 0 atom stereocenters. The van der Waals surface area contributed by atoms with Crippen LogP contribution in [0.2, 0.25) is 5.02 Å². The van der Waals surface area contributed by atoms with Crippen molar-refractivity contribution in [1.29, 1.82) is 0 Å². The van der Waals surface area contributed by atoms with Crippen molar-refractivity contribution >= 4 is 51.6 Å². The van der Waals surface area contributed by atoms with E-state index in [1.165, 1.54) is 7.05 Å². The van der Waals surface area contributed by atoms with Crippen LogP contribution in [0.25, 0.3) is 0 Å². The van der Waals surface area contributed by atoms with Gasteiger partial charge in [-0.3, -0.25) is 0 Å². The molecule has 0 bridgehead atoms. The number of nitrogens with one attached hydrogen (secondary N) is 3. The predicted octanol–water partition coefficient (Wildman–Crippen LogP) is 3.12. The summed E-state index contributed by atoms with van der Waals surface area (Å²) in [5.74, 6) is 0.666. The first-order chi connectivity index (χ1) is 12.5. The van der Waals surface area contributed by atoms with Gasteiger partial charge >= 0.3 is 0 Å². The highest BCUT2D eigenvalue weighted by Crippen LogP contribution is 2.14. The van der Waals surface area contributed by atoms with E-state index in [1.807, 2.05) is 31.2 Å². The summed E-state index contributed by atoms with van der Waals surface area (Å²) in [7, 11) is -2.03. The molecule has 0 spiro atoms. The quantitative estimate of drug-likeness (QED) is 0.296. The first-order valence-electron chi connectivity index (χ1n) is 8.24. The lowest BCUT2D eigenvalue weighted by Gasteiger charge is -2.12. The third kappa shape index (κ3) is 7.28. The van der Waals surface area contributed by atoms with E-state index in [4.69, 9.17) is 11.6 Å². The largest absolute Gasteiger partial charge is 0.357 e. The lowest BCUT2D eigenvalue weighted by atomic mass is 10.2. The van der Waals surface area contributed by atoms with Crippen molar-refractivity contribution in [3.05, 3.63) is 64.7 Å². The summed E-state index contributed by atoms with van der Waals surface area (Å²) in [5, 5.41) is 7.12. The van der Waals surface area contributed by atoms with Crippen LogP contribution < -0.4 is 15.4 Å². The smallest absolute Gasteiger partial charge is 0.240 e. The number of sulfonamides is 1. The van der Waals surface area contributed by atoms with Gasteiger partial charge in [0, 0.05) is 18.1 Å². The number of nitrogens with zero attached hydrogens (tertiary/aromatic N) is 1. The molecular weight excluding hydrogens is 499 g/mol. The number of benzene rings is 2. The van der Waals surface area contributed by atoms with Gasteiger partial charge in [0.1, 0.15) is 0 Å². The Morgan fingerprint density at radius 2 is 1.74 bits per heavy atom. The van der Waals surface area contributed by atoms with Gasteiger partial charge in [0.2, 0.25) is 10.0 Å². The Bertz CT molecular complexity index is 858. The Morgan fingerprint density at radius 3 is 2.33 bits per heavy atom. The number of rotatable bonds is 7. The zero-order chi connectivity index (χ0) is 19.0. The molecule has 6 nitrogen and oxygen atoms in total. The molecule has 0 heterocycles. The lowest BCUT2D eigenvalue weighted by molar-refractivity contribution is 0.588. The van der Waals surface area contributed by atoms with E-state index in [-0.39, 0.29) is 28.9 Å². The van der Waals surface area contributed by atoms with E-state index in [0.717, 1.165) is 17.7 Å². The monoisotopic (exact) mass is 522 g/mol. The second-order valence-electron chi connectivity index (χ2n) is 5.49. The minimum atomic E-state index is -3.42. The van der Waals surface area contributed by atoms with Gasteiger partial charge < -0.3 is 10.6 Å². The highest BCUT2D eigenvalue weighted by molar-refractivity contribution is 14.0. The molecule has 0 fully saturated rings. The van der Waals surface area contributed by atoms with E-state index >= 15 is 0 Å². The SMILES string of the molecule is CCNC(=NCc1ccc(S(=O)(=O)NC)cc1)NCc1ccccc1Cl.I. The molecule has 0 radical (unpaired) electrons. The third-order valence-electron chi connectivity index (χ3n) is 3.67. The molecule has 0 aliphatic rings. The number of hydrogen-bond donors (Lipinski definition) is 3. The molecule has 0 saturated heterocycles. The Kier molecular flexibility index (Phi) is 10.1. The Morgan fingerprint density at radius 1 is 1.07 bits per heavy atom. The summed E-state index contributed by atoms with van der Waals surface area (Å²) in [6, 6.07) is 14.3. The molecule has 0 saturated carbocycles. The zero-order valence-electron chi connectivity index (χ0n) is 15.2. The first kappa shape index (κ1) is 23.7. The Balaban J connectivity index is 0.00000364. The number of hydrogen-bond acceptors (Lipinski definition) is 3. The molecule has 2 aromatic carbocycles. The molecule has 3 N–H and O–H groups in total. The summed E-state index contributed by atoms with van der Waals surface area (Å²) in [6.45, 7) is 3.71. The van der Waals surface area contributed by atoms with Gasteiger partial charge in [0.25, 0.3) is 0 Å².